The van der Waals surface area contributed by atoms with E-state index >= 15 is 0 Å². The van der Waals surface area contributed by atoms with Gasteiger partial charge in [0.1, 0.15) is 0 Å². The molecule has 0 bridgehead atoms. The standard InChI is InChI=1S/C14H23N3.C11H18N2O.C2H6/c1-14(12-16(2)3)8-6-4-5-7-10-17-11-9-15-13-17;1-10-3-2-4-11(12-10)9-13-5-7-14-8-6-13;1-2/h4,6,9,11-13H,5,7-8,10H2,1-3H3;4H,2-3,5-9H2,1H3;1-2H3/b6-4-,14-12-;;. The van der Waals surface area contributed by atoms with Gasteiger partial charge in [0.25, 0.3) is 0 Å². The van der Waals surface area contributed by atoms with Crippen molar-refractivity contribution in [2.24, 2.45) is 4.99 Å². The Morgan fingerprint density at radius 3 is 2.58 bits per heavy atom. The van der Waals surface area contributed by atoms with Crippen molar-refractivity contribution in [3.05, 3.63) is 54.4 Å². The van der Waals surface area contributed by atoms with Crippen molar-refractivity contribution in [1.29, 1.82) is 0 Å². The molecule has 1 aromatic heterocycles. The van der Waals surface area contributed by atoms with Crippen LogP contribution >= 0.6 is 0 Å². The van der Waals surface area contributed by atoms with Gasteiger partial charge in [-0.3, -0.25) is 9.89 Å². The highest BCUT2D eigenvalue weighted by Gasteiger charge is 2.12. The van der Waals surface area contributed by atoms with E-state index in [0.717, 1.165) is 65.1 Å². The normalized spacial score (nSPS) is 16.8. The molecule has 2 aliphatic rings. The van der Waals surface area contributed by atoms with E-state index < -0.39 is 0 Å². The lowest BCUT2D eigenvalue weighted by atomic mass is 10.1. The Morgan fingerprint density at radius 1 is 1.18 bits per heavy atom. The quantitative estimate of drug-likeness (QED) is 0.360. The van der Waals surface area contributed by atoms with E-state index in [1.54, 1.807) is 0 Å². The lowest BCUT2D eigenvalue weighted by molar-refractivity contribution is 0.0421. The molecule has 0 aromatic carbocycles. The summed E-state index contributed by atoms with van der Waals surface area (Å²) in [5.74, 6) is 0. The Hall–Kier alpha value is -2.18. The van der Waals surface area contributed by atoms with Crippen molar-refractivity contribution in [3.63, 3.8) is 0 Å². The van der Waals surface area contributed by atoms with Crippen LogP contribution in [-0.4, -0.2) is 72.0 Å². The third-order valence-electron chi connectivity index (χ3n) is 5.14. The van der Waals surface area contributed by atoms with Crippen LogP contribution in [0.2, 0.25) is 0 Å². The molecule has 0 N–H and O–H groups in total. The second-order valence-corrected chi connectivity index (χ2v) is 8.53. The predicted octanol–water partition coefficient (Wildman–Crippen LogP) is 5.56. The fourth-order valence-electron chi connectivity index (χ4n) is 3.57. The van der Waals surface area contributed by atoms with Crippen molar-refractivity contribution in [1.82, 2.24) is 19.4 Å². The van der Waals surface area contributed by atoms with Crippen molar-refractivity contribution < 1.29 is 4.74 Å². The highest BCUT2D eigenvalue weighted by atomic mass is 16.5. The Labute approximate surface area is 202 Å². The zero-order valence-corrected chi connectivity index (χ0v) is 22.0. The first-order valence-electron chi connectivity index (χ1n) is 12.5. The molecule has 0 spiro atoms. The maximum atomic E-state index is 5.31. The van der Waals surface area contributed by atoms with Gasteiger partial charge in [-0.15, -0.1) is 0 Å². The average molecular weight is 458 g/mol. The van der Waals surface area contributed by atoms with Crippen LogP contribution in [0.15, 0.2) is 59.4 Å². The first kappa shape index (κ1) is 28.9. The van der Waals surface area contributed by atoms with Crippen molar-refractivity contribution in [2.75, 3.05) is 46.9 Å². The summed E-state index contributed by atoms with van der Waals surface area (Å²) >= 11 is 0. The lowest BCUT2D eigenvalue weighted by Crippen LogP contribution is -2.37. The topological polar surface area (TPSA) is 45.9 Å². The van der Waals surface area contributed by atoms with Gasteiger partial charge in [0, 0.05) is 58.4 Å². The molecule has 0 aliphatic carbocycles. The Kier molecular flexibility index (Phi) is 16.0. The van der Waals surface area contributed by atoms with Crippen LogP contribution in [0.1, 0.15) is 59.8 Å². The number of aryl methyl sites for hydroxylation is 1. The maximum Gasteiger partial charge on any atom is 0.0945 e. The van der Waals surface area contributed by atoms with Crippen LogP contribution in [0.4, 0.5) is 0 Å². The van der Waals surface area contributed by atoms with E-state index in [1.807, 2.05) is 32.6 Å². The number of nitrogens with zero attached hydrogens (tertiary/aromatic N) is 5. The first-order valence-corrected chi connectivity index (χ1v) is 12.5. The van der Waals surface area contributed by atoms with Gasteiger partial charge in [-0.1, -0.05) is 37.6 Å². The first-order chi connectivity index (χ1) is 16.0. The molecule has 3 rings (SSSR count). The molecule has 1 aromatic rings. The minimum Gasteiger partial charge on any atom is -0.384 e. The van der Waals surface area contributed by atoms with Crippen LogP contribution in [0.5, 0.6) is 0 Å². The molecule has 33 heavy (non-hydrogen) atoms. The lowest BCUT2D eigenvalue weighted by Gasteiger charge is -2.27. The maximum absolute atomic E-state index is 5.31. The molecule has 0 amide bonds. The number of unbranched alkanes of at least 4 members (excludes halogenated alkanes) is 1. The molecule has 1 saturated heterocycles. The van der Waals surface area contributed by atoms with Crippen molar-refractivity contribution >= 4 is 5.71 Å². The molecular weight excluding hydrogens is 410 g/mol. The van der Waals surface area contributed by atoms with Gasteiger partial charge in [-0.05, 0) is 52.2 Å². The number of hydrogen-bond acceptors (Lipinski definition) is 5. The van der Waals surface area contributed by atoms with E-state index in [4.69, 9.17) is 4.74 Å². The summed E-state index contributed by atoms with van der Waals surface area (Å²) in [5.41, 5.74) is 3.91. The smallest absolute Gasteiger partial charge is 0.0945 e. The Balaban J connectivity index is 0.000000311. The highest BCUT2D eigenvalue weighted by Crippen LogP contribution is 2.12. The molecule has 6 heteroatoms. The summed E-state index contributed by atoms with van der Waals surface area (Å²) < 4.78 is 7.43. The number of allylic oxidation sites excluding steroid dienone is 4. The van der Waals surface area contributed by atoms with Crippen LogP contribution in [0.3, 0.4) is 0 Å². The van der Waals surface area contributed by atoms with Crippen LogP contribution in [-0.2, 0) is 11.3 Å². The van der Waals surface area contributed by atoms with Crippen LogP contribution in [0, 0.1) is 0 Å². The van der Waals surface area contributed by atoms with Gasteiger partial charge in [-0.25, -0.2) is 4.98 Å². The molecule has 0 atom stereocenters. The summed E-state index contributed by atoms with van der Waals surface area (Å²) in [4.78, 5) is 13.1. The average Bonchev–Trinajstić information content (AvgIpc) is 3.32. The fraction of sp³-hybridized carbons (Fsp3) is 0.630. The van der Waals surface area contributed by atoms with E-state index in [-0.39, 0.29) is 0 Å². The van der Waals surface area contributed by atoms with Crippen molar-refractivity contribution in [2.45, 2.75) is 66.3 Å². The summed E-state index contributed by atoms with van der Waals surface area (Å²) in [7, 11) is 4.11. The third-order valence-corrected chi connectivity index (χ3v) is 5.14. The van der Waals surface area contributed by atoms with Gasteiger partial charge in [-0.2, -0.15) is 0 Å². The molecule has 0 radical (unpaired) electrons. The van der Waals surface area contributed by atoms with E-state index in [9.17, 15) is 0 Å². The molecular formula is C27H47N5O. The molecule has 2 aliphatic heterocycles. The summed E-state index contributed by atoms with van der Waals surface area (Å²) in [6, 6.07) is 0. The third kappa shape index (κ3) is 14.6. The Morgan fingerprint density at radius 2 is 1.94 bits per heavy atom. The number of ether oxygens (including phenoxy) is 1. The molecule has 3 heterocycles. The summed E-state index contributed by atoms with van der Waals surface area (Å²) in [5, 5.41) is 0. The number of aromatic nitrogens is 2. The minimum absolute atomic E-state index is 0.871. The van der Waals surface area contributed by atoms with Gasteiger partial charge >= 0.3 is 0 Å². The van der Waals surface area contributed by atoms with Crippen LogP contribution in [0.25, 0.3) is 0 Å². The van der Waals surface area contributed by atoms with Gasteiger partial charge in [0.05, 0.1) is 25.2 Å². The molecule has 1 fully saturated rings. The minimum atomic E-state index is 0.871. The predicted molar refractivity (Wildman–Crippen MR) is 142 cm³/mol. The summed E-state index contributed by atoms with van der Waals surface area (Å²) in [6.07, 6.45) is 20.3. The zero-order valence-electron chi connectivity index (χ0n) is 22.0. The largest absolute Gasteiger partial charge is 0.384 e. The number of imidazole rings is 1. The number of rotatable bonds is 9. The SMILES string of the molecule is C/C(=C/N(C)C)C/C=C\CCCn1ccnc1.CC.CC1=NC(CN2CCOCC2)=CCC1. The van der Waals surface area contributed by atoms with Gasteiger partial charge in [0.15, 0.2) is 0 Å². The second-order valence-electron chi connectivity index (χ2n) is 8.53. The van der Waals surface area contributed by atoms with Crippen LogP contribution < -0.4 is 0 Å². The number of hydrogen-bond donors (Lipinski definition) is 0. The monoisotopic (exact) mass is 457 g/mol. The molecule has 0 saturated carbocycles. The van der Waals surface area contributed by atoms with E-state index in [1.165, 1.54) is 23.4 Å². The van der Waals surface area contributed by atoms with E-state index in [0.29, 0.717) is 0 Å². The molecule has 186 valence electrons. The molecule has 6 nitrogen and oxygen atoms in total. The zero-order chi connectivity index (χ0) is 24.3. The fourth-order valence-corrected chi connectivity index (χ4v) is 3.57. The Bertz CT molecular complexity index is 726. The van der Waals surface area contributed by atoms with Gasteiger partial charge in [0.2, 0.25) is 0 Å². The van der Waals surface area contributed by atoms with Gasteiger partial charge < -0.3 is 14.2 Å². The number of morpholine rings is 1. The molecule has 0 unspecified atom stereocenters. The highest BCUT2D eigenvalue weighted by molar-refractivity contribution is 5.83. The summed E-state index contributed by atoms with van der Waals surface area (Å²) in [6.45, 7) is 14.2. The number of aliphatic imine (C=N–C) groups is 1. The van der Waals surface area contributed by atoms with E-state index in [2.05, 4.69) is 76.7 Å². The second kappa shape index (κ2) is 18.3. The van der Waals surface area contributed by atoms with Crippen molar-refractivity contribution in [3.8, 4) is 0 Å².